The molecule has 15 heavy (non-hydrogen) atoms. The number of nitrogens with one attached hydrogen (secondary N) is 1. The minimum atomic E-state index is -1.44. The lowest BCUT2D eigenvalue weighted by molar-refractivity contribution is 0.360. The molecule has 0 unspecified atom stereocenters. The molecule has 0 spiro atoms. The highest BCUT2D eigenvalue weighted by atomic mass is 35.6. The first-order valence-corrected chi connectivity index (χ1v) is 6.03. The normalized spacial score (nSPS) is 19.4. The smallest absolute Gasteiger partial charge is 0.248 e. The van der Waals surface area contributed by atoms with Crippen molar-refractivity contribution in [3.8, 4) is 0 Å². The van der Waals surface area contributed by atoms with Crippen molar-refractivity contribution in [2.45, 2.75) is 22.7 Å². The molecular formula is C9H12Cl3N3. The Kier molecular flexibility index (Phi) is 3.45. The summed E-state index contributed by atoms with van der Waals surface area (Å²) in [5.74, 6) is 0.513. The highest BCUT2D eigenvalue weighted by Gasteiger charge is 2.30. The number of halogens is 3. The molecule has 1 aliphatic rings. The summed E-state index contributed by atoms with van der Waals surface area (Å²) in [6.07, 6.45) is 5.65. The van der Waals surface area contributed by atoms with Gasteiger partial charge < -0.3 is 9.88 Å². The third kappa shape index (κ3) is 2.59. The summed E-state index contributed by atoms with van der Waals surface area (Å²) in [5.41, 5.74) is 0. The molecular weight excluding hydrogens is 256 g/mol. The highest BCUT2D eigenvalue weighted by Crippen LogP contribution is 2.38. The van der Waals surface area contributed by atoms with Crippen LogP contribution in [0.2, 0.25) is 0 Å². The summed E-state index contributed by atoms with van der Waals surface area (Å²) < 4.78 is 0.544. The number of imidazole rings is 1. The summed E-state index contributed by atoms with van der Waals surface area (Å²) >= 11 is 17.6. The van der Waals surface area contributed by atoms with Gasteiger partial charge >= 0.3 is 0 Å². The van der Waals surface area contributed by atoms with Gasteiger partial charge in [0.25, 0.3) is 0 Å². The first-order chi connectivity index (χ1) is 7.09. The monoisotopic (exact) mass is 267 g/mol. The van der Waals surface area contributed by atoms with E-state index in [0.29, 0.717) is 11.9 Å². The maximum Gasteiger partial charge on any atom is 0.248 e. The molecule has 1 N–H and O–H groups in total. The van der Waals surface area contributed by atoms with Crippen LogP contribution >= 0.6 is 34.8 Å². The van der Waals surface area contributed by atoms with Crippen molar-refractivity contribution >= 4 is 34.8 Å². The molecule has 0 aliphatic carbocycles. The lowest BCUT2D eigenvalue weighted by atomic mass is 10.1. The van der Waals surface area contributed by atoms with E-state index in [0.717, 1.165) is 25.9 Å². The zero-order valence-electron chi connectivity index (χ0n) is 8.09. The van der Waals surface area contributed by atoms with Crippen molar-refractivity contribution < 1.29 is 0 Å². The van der Waals surface area contributed by atoms with E-state index in [2.05, 4.69) is 10.3 Å². The predicted molar refractivity (Wildman–Crippen MR) is 62.6 cm³/mol. The average Bonchev–Trinajstić information content (AvgIpc) is 2.67. The van der Waals surface area contributed by atoms with Gasteiger partial charge in [0.2, 0.25) is 3.79 Å². The standard InChI is InChI=1S/C9H12Cl3N3/c10-9(11,12)8-14-5-6-15(8)7-1-3-13-4-2-7/h5-7,13H,1-4H2. The zero-order valence-corrected chi connectivity index (χ0v) is 10.4. The maximum atomic E-state index is 5.86. The molecule has 1 fully saturated rings. The van der Waals surface area contributed by atoms with Gasteiger partial charge in [-0.2, -0.15) is 0 Å². The number of hydrogen-bond donors (Lipinski definition) is 1. The molecule has 2 heterocycles. The van der Waals surface area contributed by atoms with Crippen LogP contribution in [0.3, 0.4) is 0 Å². The number of alkyl halides is 3. The Balaban J connectivity index is 2.24. The quantitative estimate of drug-likeness (QED) is 0.794. The minimum Gasteiger partial charge on any atom is -0.328 e. The van der Waals surface area contributed by atoms with E-state index in [9.17, 15) is 0 Å². The van der Waals surface area contributed by atoms with Crippen molar-refractivity contribution in [1.82, 2.24) is 14.9 Å². The fourth-order valence-corrected chi connectivity index (χ4v) is 2.35. The Morgan fingerprint density at radius 2 is 2.00 bits per heavy atom. The number of aromatic nitrogens is 2. The summed E-state index contributed by atoms with van der Waals surface area (Å²) in [5, 5.41) is 3.30. The lowest BCUT2D eigenvalue weighted by Crippen LogP contribution is -2.30. The van der Waals surface area contributed by atoms with Crippen molar-refractivity contribution in [3.05, 3.63) is 18.2 Å². The molecule has 1 aromatic heterocycles. The van der Waals surface area contributed by atoms with Gasteiger partial charge in [0.05, 0.1) is 0 Å². The van der Waals surface area contributed by atoms with Crippen LogP contribution in [-0.2, 0) is 3.79 Å². The van der Waals surface area contributed by atoms with Gasteiger partial charge in [-0.15, -0.1) is 0 Å². The summed E-state index contributed by atoms with van der Waals surface area (Å²) in [6, 6.07) is 0.388. The van der Waals surface area contributed by atoms with Crippen LogP contribution in [-0.4, -0.2) is 22.6 Å². The molecule has 0 aromatic carbocycles. The third-order valence-electron chi connectivity index (χ3n) is 2.62. The summed E-state index contributed by atoms with van der Waals surface area (Å²) in [7, 11) is 0. The Labute approximate surface area is 104 Å². The average molecular weight is 269 g/mol. The van der Waals surface area contributed by atoms with E-state index in [1.165, 1.54) is 0 Å². The van der Waals surface area contributed by atoms with Crippen LogP contribution in [0.4, 0.5) is 0 Å². The molecule has 0 saturated carbocycles. The second kappa shape index (κ2) is 4.50. The molecule has 84 valence electrons. The SMILES string of the molecule is ClC(Cl)(Cl)c1nccn1C1CCNCC1. The fourth-order valence-electron chi connectivity index (χ4n) is 1.91. The second-order valence-corrected chi connectivity index (χ2v) is 5.92. The highest BCUT2D eigenvalue weighted by molar-refractivity contribution is 6.66. The number of rotatable bonds is 1. The predicted octanol–water partition coefficient (Wildman–Crippen LogP) is 2.63. The Hall–Kier alpha value is 0.0400. The molecule has 1 aliphatic heterocycles. The molecule has 0 radical (unpaired) electrons. The zero-order chi connectivity index (χ0) is 10.9. The summed E-state index contributed by atoms with van der Waals surface area (Å²) in [4.78, 5) is 4.11. The first kappa shape index (κ1) is 11.5. The van der Waals surface area contributed by atoms with Crippen molar-refractivity contribution in [2.75, 3.05) is 13.1 Å². The van der Waals surface area contributed by atoms with Crippen LogP contribution in [0, 0.1) is 0 Å². The van der Waals surface area contributed by atoms with Crippen LogP contribution in [0.25, 0.3) is 0 Å². The fraction of sp³-hybridized carbons (Fsp3) is 0.667. The van der Waals surface area contributed by atoms with E-state index in [4.69, 9.17) is 34.8 Å². The van der Waals surface area contributed by atoms with Crippen LogP contribution < -0.4 is 5.32 Å². The van der Waals surface area contributed by atoms with Gasteiger partial charge in [0, 0.05) is 18.4 Å². The van der Waals surface area contributed by atoms with Gasteiger partial charge in [0.1, 0.15) is 0 Å². The molecule has 1 aromatic rings. The second-order valence-electron chi connectivity index (χ2n) is 3.64. The van der Waals surface area contributed by atoms with Gasteiger partial charge in [-0.3, -0.25) is 0 Å². The number of nitrogens with zero attached hydrogens (tertiary/aromatic N) is 2. The lowest BCUT2D eigenvalue weighted by Gasteiger charge is -2.26. The van der Waals surface area contributed by atoms with E-state index >= 15 is 0 Å². The van der Waals surface area contributed by atoms with Gasteiger partial charge in [-0.05, 0) is 25.9 Å². The minimum absolute atomic E-state index is 0.388. The van der Waals surface area contributed by atoms with E-state index < -0.39 is 3.79 Å². The Bertz CT molecular complexity index is 326. The van der Waals surface area contributed by atoms with E-state index in [1.54, 1.807) is 6.20 Å². The van der Waals surface area contributed by atoms with Crippen LogP contribution in [0.5, 0.6) is 0 Å². The van der Waals surface area contributed by atoms with Crippen LogP contribution in [0.15, 0.2) is 12.4 Å². The summed E-state index contributed by atoms with van der Waals surface area (Å²) in [6.45, 7) is 2.00. The molecule has 0 atom stereocenters. The molecule has 0 bridgehead atoms. The van der Waals surface area contributed by atoms with Crippen molar-refractivity contribution in [3.63, 3.8) is 0 Å². The van der Waals surface area contributed by atoms with Gasteiger partial charge in [-0.1, -0.05) is 34.8 Å². The molecule has 6 heteroatoms. The third-order valence-corrected chi connectivity index (χ3v) is 3.13. The topological polar surface area (TPSA) is 29.9 Å². The molecule has 1 saturated heterocycles. The number of piperidine rings is 1. The van der Waals surface area contributed by atoms with E-state index in [-0.39, 0.29) is 0 Å². The Morgan fingerprint density at radius 1 is 1.33 bits per heavy atom. The van der Waals surface area contributed by atoms with Crippen molar-refractivity contribution in [1.29, 1.82) is 0 Å². The molecule has 0 amide bonds. The van der Waals surface area contributed by atoms with Gasteiger partial charge in [-0.25, -0.2) is 4.98 Å². The number of hydrogen-bond acceptors (Lipinski definition) is 2. The molecule has 3 nitrogen and oxygen atoms in total. The van der Waals surface area contributed by atoms with Crippen molar-refractivity contribution in [2.24, 2.45) is 0 Å². The maximum absolute atomic E-state index is 5.86. The van der Waals surface area contributed by atoms with E-state index in [1.807, 2.05) is 10.8 Å². The largest absolute Gasteiger partial charge is 0.328 e. The Morgan fingerprint density at radius 3 is 2.60 bits per heavy atom. The first-order valence-electron chi connectivity index (χ1n) is 4.90. The molecule has 2 rings (SSSR count). The van der Waals surface area contributed by atoms with Gasteiger partial charge in [0.15, 0.2) is 5.82 Å². The van der Waals surface area contributed by atoms with Crippen LogP contribution in [0.1, 0.15) is 24.7 Å².